The van der Waals surface area contributed by atoms with Gasteiger partial charge >= 0.3 is 5.97 Å². The number of amides is 2. The Kier molecular flexibility index (Phi) is 6.11. The maximum atomic E-state index is 13.2. The Bertz CT molecular complexity index is 1140. The molecule has 1 fully saturated rings. The summed E-state index contributed by atoms with van der Waals surface area (Å²) in [7, 11) is 0. The molecule has 1 aliphatic heterocycles. The van der Waals surface area contributed by atoms with E-state index in [1.54, 1.807) is 30.5 Å². The number of ether oxygens (including phenoxy) is 1. The van der Waals surface area contributed by atoms with E-state index in [4.69, 9.17) is 10.5 Å². The Balaban J connectivity index is 1.70. The van der Waals surface area contributed by atoms with Gasteiger partial charge in [0.05, 0.1) is 11.9 Å². The molecule has 3 aromatic rings. The van der Waals surface area contributed by atoms with Crippen molar-refractivity contribution < 1.29 is 19.1 Å². The Morgan fingerprint density at radius 2 is 1.97 bits per heavy atom. The number of hydrogen-bond donors (Lipinski definition) is 1. The molecule has 2 amide bonds. The van der Waals surface area contributed by atoms with Gasteiger partial charge in [-0.1, -0.05) is 36.4 Å². The van der Waals surface area contributed by atoms with Crippen LogP contribution >= 0.6 is 23.1 Å². The summed E-state index contributed by atoms with van der Waals surface area (Å²) in [6.45, 7) is 1.91. The Morgan fingerprint density at radius 1 is 1.19 bits per heavy atom. The van der Waals surface area contributed by atoms with Crippen LogP contribution in [-0.4, -0.2) is 29.6 Å². The smallest absolute Gasteiger partial charge is 0.341 e. The first-order valence-corrected chi connectivity index (χ1v) is 11.5. The molecule has 2 heterocycles. The minimum Gasteiger partial charge on any atom is -0.462 e. The summed E-state index contributed by atoms with van der Waals surface area (Å²) in [5.41, 5.74) is 8.13. The molecule has 0 saturated carbocycles. The molecule has 31 heavy (non-hydrogen) atoms. The van der Waals surface area contributed by atoms with E-state index in [0.717, 1.165) is 15.4 Å². The molecular formula is C23H20N2O4S2. The lowest BCUT2D eigenvalue weighted by Crippen LogP contribution is -2.31. The average Bonchev–Trinajstić information content (AvgIpc) is 3.29. The highest BCUT2D eigenvalue weighted by atomic mass is 32.2. The maximum Gasteiger partial charge on any atom is 0.341 e. The summed E-state index contributed by atoms with van der Waals surface area (Å²) in [5, 5.41) is 1.52. The largest absolute Gasteiger partial charge is 0.462 e. The highest BCUT2D eigenvalue weighted by Gasteiger charge is 2.43. The first kappa shape index (κ1) is 21.1. The van der Waals surface area contributed by atoms with E-state index in [9.17, 15) is 14.4 Å². The zero-order chi connectivity index (χ0) is 22.0. The van der Waals surface area contributed by atoms with Gasteiger partial charge in [0.2, 0.25) is 11.8 Å². The fourth-order valence-corrected chi connectivity index (χ4v) is 5.62. The number of carbonyl (C=O) groups excluding carboxylic acids is 3. The molecule has 4 rings (SSSR count). The standard InChI is InChI=1S/C23H20N2O4S2/c1-2-29-23(28)20-17(14-7-4-3-5-8-14)13-30-22(20)25-19(26)12-18(21(25)27)31-16-10-6-9-15(24)11-16/h3-11,13,18H,2,12,24H2,1H3. The number of thiophene rings is 1. The molecule has 6 nitrogen and oxygen atoms in total. The van der Waals surface area contributed by atoms with E-state index in [1.165, 1.54) is 23.1 Å². The first-order chi connectivity index (χ1) is 15.0. The second-order valence-electron chi connectivity index (χ2n) is 6.87. The van der Waals surface area contributed by atoms with Gasteiger partial charge in [-0.25, -0.2) is 9.69 Å². The number of thioether (sulfide) groups is 1. The SMILES string of the molecule is CCOC(=O)c1c(-c2ccccc2)csc1N1C(=O)CC(Sc2cccc(N)c2)C1=O. The number of hydrogen-bond acceptors (Lipinski definition) is 7. The molecule has 0 aliphatic carbocycles. The fraction of sp³-hybridized carbons (Fsp3) is 0.174. The normalized spacial score (nSPS) is 16.0. The van der Waals surface area contributed by atoms with Crippen LogP contribution in [0.25, 0.3) is 11.1 Å². The lowest BCUT2D eigenvalue weighted by Gasteiger charge is -2.16. The molecule has 8 heteroatoms. The fourth-order valence-electron chi connectivity index (χ4n) is 3.40. The van der Waals surface area contributed by atoms with E-state index < -0.39 is 11.2 Å². The van der Waals surface area contributed by atoms with E-state index in [1.807, 2.05) is 36.4 Å². The molecule has 0 spiro atoms. The summed E-state index contributed by atoms with van der Waals surface area (Å²) < 4.78 is 5.25. The van der Waals surface area contributed by atoms with Gasteiger partial charge in [0.15, 0.2) is 0 Å². The number of imide groups is 1. The van der Waals surface area contributed by atoms with E-state index in [0.29, 0.717) is 16.3 Å². The second-order valence-corrected chi connectivity index (χ2v) is 9.00. The summed E-state index contributed by atoms with van der Waals surface area (Å²) >= 11 is 2.49. The first-order valence-electron chi connectivity index (χ1n) is 9.72. The van der Waals surface area contributed by atoms with Gasteiger partial charge in [-0.15, -0.1) is 23.1 Å². The third-order valence-corrected chi connectivity index (χ3v) is 6.92. The summed E-state index contributed by atoms with van der Waals surface area (Å²) in [6.07, 6.45) is 0.0547. The van der Waals surface area contributed by atoms with Crippen LogP contribution in [0.1, 0.15) is 23.7 Å². The molecule has 1 unspecified atom stereocenters. The van der Waals surface area contributed by atoms with Crippen LogP contribution in [0.2, 0.25) is 0 Å². The monoisotopic (exact) mass is 452 g/mol. The van der Waals surface area contributed by atoms with Crippen LogP contribution in [0, 0.1) is 0 Å². The highest BCUT2D eigenvalue weighted by Crippen LogP contribution is 2.42. The molecule has 2 N–H and O–H groups in total. The van der Waals surface area contributed by atoms with Gasteiger partial charge in [0.25, 0.3) is 0 Å². The number of nitrogen functional groups attached to an aromatic ring is 1. The average molecular weight is 453 g/mol. The van der Waals surface area contributed by atoms with Crippen molar-refractivity contribution >= 4 is 51.6 Å². The number of carbonyl (C=O) groups is 3. The molecule has 0 bridgehead atoms. The van der Waals surface area contributed by atoms with Gasteiger partial charge in [-0.2, -0.15) is 0 Å². The maximum absolute atomic E-state index is 13.2. The number of nitrogens with zero attached hydrogens (tertiary/aromatic N) is 1. The Morgan fingerprint density at radius 3 is 2.68 bits per heavy atom. The van der Waals surface area contributed by atoms with Crippen molar-refractivity contribution in [1.29, 1.82) is 0 Å². The Hall–Kier alpha value is -3.10. The minimum atomic E-state index is -0.577. The molecule has 2 aromatic carbocycles. The number of rotatable bonds is 6. The van der Waals surface area contributed by atoms with Crippen LogP contribution in [0.5, 0.6) is 0 Å². The van der Waals surface area contributed by atoms with Crippen LogP contribution in [0.15, 0.2) is 64.9 Å². The van der Waals surface area contributed by atoms with Gasteiger partial charge in [-0.05, 0) is 30.7 Å². The second kappa shape index (κ2) is 8.95. The third-order valence-electron chi connectivity index (χ3n) is 4.78. The number of benzene rings is 2. The van der Waals surface area contributed by atoms with Crippen LogP contribution in [0.4, 0.5) is 10.7 Å². The predicted molar refractivity (Wildman–Crippen MR) is 123 cm³/mol. The summed E-state index contributed by atoms with van der Waals surface area (Å²) in [5.74, 6) is -1.23. The van der Waals surface area contributed by atoms with E-state index in [2.05, 4.69) is 0 Å². The third kappa shape index (κ3) is 4.22. The number of anilines is 2. The van der Waals surface area contributed by atoms with E-state index >= 15 is 0 Å². The van der Waals surface area contributed by atoms with Crippen molar-refractivity contribution in [3.63, 3.8) is 0 Å². The van der Waals surface area contributed by atoms with Crippen LogP contribution in [-0.2, 0) is 14.3 Å². The van der Waals surface area contributed by atoms with Crippen LogP contribution < -0.4 is 10.6 Å². The predicted octanol–water partition coefficient (Wildman–Crippen LogP) is 4.60. The van der Waals surface area contributed by atoms with E-state index in [-0.39, 0.29) is 30.4 Å². The topological polar surface area (TPSA) is 89.7 Å². The quantitative estimate of drug-likeness (QED) is 0.334. The van der Waals surface area contributed by atoms with Crippen molar-refractivity contribution in [2.75, 3.05) is 17.2 Å². The van der Waals surface area contributed by atoms with Crippen molar-refractivity contribution in [2.45, 2.75) is 23.5 Å². The number of nitrogens with two attached hydrogens (primary N) is 1. The van der Waals surface area contributed by atoms with Gasteiger partial charge < -0.3 is 10.5 Å². The zero-order valence-corrected chi connectivity index (χ0v) is 18.4. The molecule has 158 valence electrons. The molecule has 1 saturated heterocycles. The molecule has 1 aliphatic rings. The zero-order valence-electron chi connectivity index (χ0n) is 16.7. The summed E-state index contributed by atoms with van der Waals surface area (Å²) in [6, 6.07) is 16.6. The van der Waals surface area contributed by atoms with Gasteiger partial charge in [0.1, 0.15) is 10.6 Å². The molecule has 0 radical (unpaired) electrons. The number of esters is 1. The lowest BCUT2D eigenvalue weighted by atomic mass is 10.0. The van der Waals surface area contributed by atoms with Crippen LogP contribution in [0.3, 0.4) is 0 Å². The van der Waals surface area contributed by atoms with Crippen molar-refractivity contribution in [2.24, 2.45) is 0 Å². The van der Waals surface area contributed by atoms with Crippen molar-refractivity contribution in [3.05, 3.63) is 65.5 Å². The van der Waals surface area contributed by atoms with Crippen molar-refractivity contribution in [1.82, 2.24) is 0 Å². The van der Waals surface area contributed by atoms with Gasteiger partial charge in [-0.3, -0.25) is 9.59 Å². The van der Waals surface area contributed by atoms with Gasteiger partial charge in [0, 0.05) is 27.9 Å². The minimum absolute atomic E-state index is 0.0547. The Labute approximate surface area is 188 Å². The molecular weight excluding hydrogens is 432 g/mol. The molecule has 1 aromatic heterocycles. The van der Waals surface area contributed by atoms with Crippen molar-refractivity contribution in [3.8, 4) is 11.1 Å². The lowest BCUT2D eigenvalue weighted by molar-refractivity contribution is -0.121. The summed E-state index contributed by atoms with van der Waals surface area (Å²) in [4.78, 5) is 40.8. The highest BCUT2D eigenvalue weighted by molar-refractivity contribution is 8.00. The molecule has 1 atom stereocenters.